The molecule has 1 amide bonds. The van der Waals surface area contributed by atoms with Crippen molar-refractivity contribution in [3.63, 3.8) is 0 Å². The van der Waals surface area contributed by atoms with Gasteiger partial charge < -0.3 is 0 Å². The Morgan fingerprint density at radius 2 is 1.92 bits per heavy atom. The molecule has 0 aliphatic rings. The number of carbonyl (C=O) groups excluding carboxylic acids is 1. The topological polar surface area (TPSA) is 121 Å². The minimum atomic E-state index is -1.07. The van der Waals surface area contributed by atoms with Gasteiger partial charge in [0.1, 0.15) is 0 Å². The summed E-state index contributed by atoms with van der Waals surface area (Å²) in [5, 5.41) is 22.6. The number of anilines is 1. The van der Waals surface area contributed by atoms with Crippen LogP contribution in [-0.4, -0.2) is 42.0 Å². The van der Waals surface area contributed by atoms with E-state index in [0.29, 0.717) is 11.4 Å². The van der Waals surface area contributed by atoms with Crippen LogP contribution in [-0.2, 0) is 9.53 Å². The zero-order valence-corrected chi connectivity index (χ0v) is 13.6. The van der Waals surface area contributed by atoms with Gasteiger partial charge in [0.2, 0.25) is 0 Å². The maximum atomic E-state index is 11.7. The van der Waals surface area contributed by atoms with Gasteiger partial charge in [-0.25, -0.2) is 0 Å². The van der Waals surface area contributed by atoms with E-state index in [1.807, 2.05) is 5.97 Å². The van der Waals surface area contributed by atoms with Gasteiger partial charge in [-0.15, -0.1) is 0 Å². The number of carbonyl (C=O) groups is 2. The van der Waals surface area contributed by atoms with Gasteiger partial charge in [-0.3, -0.25) is 0 Å². The van der Waals surface area contributed by atoms with E-state index in [9.17, 15) is 9.59 Å². The fourth-order valence-corrected chi connectivity index (χ4v) is 1.52. The van der Waals surface area contributed by atoms with E-state index in [0.717, 1.165) is 6.92 Å². The van der Waals surface area contributed by atoms with E-state index in [2.05, 4.69) is 10.6 Å². The van der Waals surface area contributed by atoms with Gasteiger partial charge in [0.25, 0.3) is 0 Å². The molecule has 0 saturated heterocycles. The van der Waals surface area contributed by atoms with Crippen LogP contribution in [0, 0.1) is 11.2 Å². The molecule has 0 aliphatic heterocycles. The van der Waals surface area contributed by atoms with Gasteiger partial charge in [-0.2, -0.15) is 0 Å². The first kappa shape index (κ1) is 19.0. The second kappa shape index (κ2) is 8.57. The first-order valence-corrected chi connectivity index (χ1v) is 7.01. The normalized spacial score (nSPS) is 10.8. The molecule has 0 fully saturated rings. The fourth-order valence-electron chi connectivity index (χ4n) is 1.52. The molecule has 1 aromatic rings. The van der Waals surface area contributed by atoms with Crippen molar-refractivity contribution in [2.75, 3.05) is 11.9 Å². The molecule has 8 nitrogen and oxygen atoms in total. The number of nitrogens with one attached hydrogen (secondary N) is 2. The number of nitrogens with zero attached hydrogens (tertiary/aromatic N) is 1. The molecular formula is C15H18BN3O5. The first-order valence-electron chi connectivity index (χ1n) is 7.01. The molecule has 126 valence electrons. The quantitative estimate of drug-likeness (QED) is 0.673. The Bertz CT molecular complexity index is 659. The minimum absolute atomic E-state index is 0.144. The van der Waals surface area contributed by atoms with Gasteiger partial charge in [0.05, 0.1) is 0 Å². The third-order valence-corrected chi connectivity index (χ3v) is 2.34. The molecule has 3 N–H and O–H groups in total. The summed E-state index contributed by atoms with van der Waals surface area (Å²) < 4.78 is 10.1. The number of carboxylic acid groups (broad SMARTS) is 1. The molecule has 0 bridgehead atoms. The number of ether oxygens (including phenoxy) is 2. The third kappa shape index (κ3) is 7.84. The molecule has 0 radical (unpaired) electrons. The number of hydrogen-bond donors (Lipinski definition) is 3. The summed E-state index contributed by atoms with van der Waals surface area (Å²) in [5.74, 6) is 1.13. The number of amides is 1. The Kier molecular flexibility index (Phi) is 6.80. The van der Waals surface area contributed by atoms with Crippen LogP contribution in [0.4, 0.5) is 10.5 Å². The van der Waals surface area contributed by atoms with Gasteiger partial charge >= 0.3 is 139 Å². The van der Waals surface area contributed by atoms with Crippen molar-refractivity contribution in [3.05, 3.63) is 24.3 Å². The van der Waals surface area contributed by atoms with E-state index >= 15 is 0 Å². The van der Waals surface area contributed by atoms with E-state index in [4.69, 9.17) is 19.8 Å². The number of aliphatic carboxylic acids is 1. The number of nitriles is 1. The van der Waals surface area contributed by atoms with E-state index in [-0.39, 0.29) is 5.71 Å². The van der Waals surface area contributed by atoms with E-state index < -0.39 is 24.3 Å². The molecule has 0 saturated carbocycles. The van der Waals surface area contributed by atoms with Gasteiger partial charge in [0.15, 0.2) is 0 Å². The Labute approximate surface area is 140 Å². The van der Waals surface area contributed by atoms with Crippen molar-refractivity contribution in [2.45, 2.75) is 26.4 Å². The predicted molar refractivity (Wildman–Crippen MR) is 88.9 cm³/mol. The Balaban J connectivity index is 2.69. The van der Waals surface area contributed by atoms with E-state index in [1.54, 1.807) is 45.0 Å². The third-order valence-electron chi connectivity index (χ3n) is 2.34. The van der Waals surface area contributed by atoms with Crippen LogP contribution < -0.4 is 15.4 Å². The van der Waals surface area contributed by atoms with Crippen molar-refractivity contribution >= 4 is 30.4 Å². The zero-order valence-electron chi connectivity index (χ0n) is 13.6. The number of rotatable bonds is 6. The predicted octanol–water partition coefficient (Wildman–Crippen LogP) is 1.36. The van der Waals surface area contributed by atoms with Gasteiger partial charge in [0, 0.05) is 0 Å². The van der Waals surface area contributed by atoms with Crippen molar-refractivity contribution in [1.82, 2.24) is 5.32 Å². The van der Waals surface area contributed by atoms with Crippen LogP contribution in [0.1, 0.15) is 20.8 Å². The molecule has 9 heteroatoms. The Morgan fingerprint density at radius 3 is 2.42 bits per heavy atom. The van der Waals surface area contributed by atoms with Crippen LogP contribution in [0.3, 0.4) is 0 Å². The van der Waals surface area contributed by atoms with Crippen molar-refractivity contribution in [3.8, 4) is 11.7 Å². The maximum absolute atomic E-state index is 11.7. The van der Waals surface area contributed by atoms with Gasteiger partial charge in [-0.05, 0) is 0 Å². The molecule has 0 aromatic heterocycles. The molecule has 1 rings (SSSR count). The average Bonchev–Trinajstić information content (AvgIpc) is 2.44. The van der Waals surface area contributed by atoms with Gasteiger partial charge in [-0.1, -0.05) is 0 Å². The van der Waals surface area contributed by atoms with Crippen LogP contribution in [0.25, 0.3) is 0 Å². The zero-order chi connectivity index (χ0) is 18.2. The second-order valence-corrected chi connectivity index (χ2v) is 5.65. The molecule has 0 spiro atoms. The van der Waals surface area contributed by atoms with Crippen molar-refractivity contribution in [2.24, 2.45) is 0 Å². The molecule has 0 atom stereocenters. The van der Waals surface area contributed by atoms with Crippen LogP contribution in [0.15, 0.2) is 24.3 Å². The summed E-state index contributed by atoms with van der Waals surface area (Å²) in [6, 6.07) is 6.34. The number of alkyl carbamates (subject to hydrolysis) is 1. The number of hydrogen-bond acceptors (Lipinski definition) is 6. The molecule has 1 aromatic carbocycles. The summed E-state index contributed by atoms with van der Waals surface area (Å²) in [4.78, 5) is 22.2. The first-order chi connectivity index (χ1) is 11.2. The van der Waals surface area contributed by atoms with Crippen LogP contribution in [0.5, 0.6) is 5.75 Å². The monoisotopic (exact) mass is 331 g/mol. The summed E-state index contributed by atoms with van der Waals surface area (Å²) in [6.45, 7) is 5.86. The summed E-state index contributed by atoms with van der Waals surface area (Å²) >= 11 is 0. The second-order valence-electron chi connectivity index (χ2n) is 5.65. The Hall–Kier alpha value is -3.02. The number of carboxylic acids is 1. The summed E-state index contributed by atoms with van der Waals surface area (Å²) in [7, 11) is 0. The summed E-state index contributed by atoms with van der Waals surface area (Å²) in [6.07, 6.45) is -0.696. The standard InChI is InChI=1S/C15H18BN3O5/c1-15(2,3)24-14(22)19-13(16-9-17)18-10-4-6-11(7-5-10)23-8-12(20)21/h4-7,18H,8H2,1-3H3,(H,19,22)(H,20,21). The SMILES string of the molecule is CC(C)(C)OC(=O)NC(=BC#N)Nc1ccc(OCC(=O)O)cc1. The fraction of sp³-hybridized carbons (Fsp3) is 0.333. The molecule has 0 unspecified atom stereocenters. The van der Waals surface area contributed by atoms with E-state index in [1.165, 1.54) is 0 Å². The van der Waals surface area contributed by atoms with Crippen LogP contribution in [0.2, 0.25) is 0 Å². The van der Waals surface area contributed by atoms with Crippen molar-refractivity contribution < 1.29 is 24.2 Å². The molecule has 0 aliphatic carbocycles. The summed E-state index contributed by atoms with van der Waals surface area (Å²) in [5.41, 5.74) is 0.0477. The molecular weight excluding hydrogens is 313 g/mol. The van der Waals surface area contributed by atoms with Crippen LogP contribution >= 0.6 is 0 Å². The average molecular weight is 331 g/mol. The number of benzene rings is 1. The molecule has 0 heterocycles. The molecule has 24 heavy (non-hydrogen) atoms. The Morgan fingerprint density at radius 1 is 1.29 bits per heavy atom. The van der Waals surface area contributed by atoms with Crippen molar-refractivity contribution in [1.29, 1.82) is 5.26 Å².